The number of carbonyl (C=O) groups is 1. The van der Waals surface area contributed by atoms with Gasteiger partial charge in [0, 0.05) is 13.6 Å². The number of likely N-dealkylation sites (N-methyl/N-ethyl adjacent to an activating group) is 1. The maximum Gasteiger partial charge on any atom is 0.243 e. The number of nitrogens with one attached hydrogen (secondary N) is 1. The molecule has 3 rings (SSSR count). The van der Waals surface area contributed by atoms with E-state index in [1.807, 2.05) is 19.1 Å². The van der Waals surface area contributed by atoms with Gasteiger partial charge in [-0.15, -0.1) is 0 Å². The summed E-state index contributed by atoms with van der Waals surface area (Å²) < 4.78 is 32.0. The molecule has 1 aromatic carbocycles. The molecule has 1 aromatic heterocycles. The van der Waals surface area contributed by atoms with Crippen LogP contribution < -0.4 is 5.32 Å². The lowest BCUT2D eigenvalue weighted by atomic mass is 10.1. The van der Waals surface area contributed by atoms with E-state index in [1.165, 1.54) is 13.5 Å². The van der Waals surface area contributed by atoms with Crippen molar-refractivity contribution in [3.8, 4) is 0 Å². The molecule has 1 N–H and O–H groups in total. The Balaban J connectivity index is 1.60. The number of piperidine rings is 1. The number of sulfonamides is 1. The van der Waals surface area contributed by atoms with E-state index < -0.39 is 10.0 Å². The van der Waals surface area contributed by atoms with Crippen molar-refractivity contribution in [2.24, 2.45) is 0 Å². The van der Waals surface area contributed by atoms with Gasteiger partial charge in [-0.05, 0) is 57.1 Å². The van der Waals surface area contributed by atoms with Crippen LogP contribution in [0.1, 0.15) is 36.6 Å². The number of benzene rings is 1. The molecule has 0 spiro atoms. The summed E-state index contributed by atoms with van der Waals surface area (Å²) in [5.41, 5.74) is 0.978. The zero-order chi connectivity index (χ0) is 20.9. The molecule has 29 heavy (non-hydrogen) atoms. The minimum absolute atomic E-state index is 0.0479. The summed E-state index contributed by atoms with van der Waals surface area (Å²) in [7, 11) is -2.29. The monoisotopic (exact) mass is 419 g/mol. The van der Waals surface area contributed by atoms with Crippen LogP contribution in [0.3, 0.4) is 0 Å². The minimum atomic E-state index is -3.71. The van der Waals surface area contributed by atoms with E-state index in [9.17, 15) is 13.2 Å². The molecular formula is C21H29N3O4S. The topological polar surface area (TPSA) is 82.9 Å². The summed E-state index contributed by atoms with van der Waals surface area (Å²) in [5.74, 6) is 0.476. The SMILES string of the molecule is Cc1ccc(S(=O)(=O)N(C)CC(=O)NCC(c2ccco2)N2CCCCC2)cc1. The van der Waals surface area contributed by atoms with Gasteiger partial charge < -0.3 is 9.73 Å². The van der Waals surface area contributed by atoms with Crippen molar-refractivity contribution in [3.63, 3.8) is 0 Å². The van der Waals surface area contributed by atoms with Crippen LogP contribution in [0.5, 0.6) is 0 Å². The number of rotatable bonds is 8. The van der Waals surface area contributed by atoms with Crippen molar-refractivity contribution in [1.29, 1.82) is 0 Å². The second-order valence-corrected chi connectivity index (χ2v) is 9.55. The quantitative estimate of drug-likeness (QED) is 0.711. The number of hydrogen-bond acceptors (Lipinski definition) is 5. The van der Waals surface area contributed by atoms with Gasteiger partial charge >= 0.3 is 0 Å². The van der Waals surface area contributed by atoms with E-state index in [1.54, 1.807) is 30.5 Å². The molecule has 158 valence electrons. The van der Waals surface area contributed by atoms with Gasteiger partial charge in [-0.3, -0.25) is 9.69 Å². The summed E-state index contributed by atoms with van der Waals surface area (Å²) in [6.45, 7) is 3.96. The highest BCUT2D eigenvalue weighted by Gasteiger charge is 2.26. The Morgan fingerprint density at radius 2 is 1.86 bits per heavy atom. The Kier molecular flexibility index (Phi) is 7.10. The van der Waals surface area contributed by atoms with Crippen LogP contribution in [0, 0.1) is 6.92 Å². The molecule has 1 amide bonds. The number of carbonyl (C=O) groups excluding carboxylic acids is 1. The Morgan fingerprint density at radius 3 is 2.48 bits per heavy atom. The minimum Gasteiger partial charge on any atom is -0.468 e. The van der Waals surface area contributed by atoms with Crippen molar-refractivity contribution >= 4 is 15.9 Å². The zero-order valence-corrected chi connectivity index (χ0v) is 17.8. The second-order valence-electron chi connectivity index (χ2n) is 7.51. The lowest BCUT2D eigenvalue weighted by Crippen LogP contribution is -2.43. The maximum atomic E-state index is 12.7. The number of furan rings is 1. The Bertz CT molecular complexity index is 889. The summed E-state index contributed by atoms with van der Waals surface area (Å²) in [6, 6.07) is 10.3. The standard InChI is InChI=1S/C21H29N3O4S/c1-17-8-10-18(11-9-17)29(26,27)23(2)16-21(25)22-15-19(20-7-6-14-28-20)24-12-4-3-5-13-24/h6-11,14,19H,3-5,12-13,15-16H2,1-2H3,(H,22,25). The highest BCUT2D eigenvalue weighted by Crippen LogP contribution is 2.24. The first kappa shape index (κ1) is 21.5. The van der Waals surface area contributed by atoms with Crippen LogP contribution in [-0.2, 0) is 14.8 Å². The van der Waals surface area contributed by atoms with Crippen molar-refractivity contribution in [2.75, 3.05) is 33.2 Å². The predicted octanol–water partition coefficient (Wildman–Crippen LogP) is 2.55. The van der Waals surface area contributed by atoms with Crippen LogP contribution in [0.2, 0.25) is 0 Å². The molecule has 1 unspecified atom stereocenters. The van der Waals surface area contributed by atoms with Gasteiger partial charge in [0.25, 0.3) is 0 Å². The van der Waals surface area contributed by atoms with Gasteiger partial charge in [-0.1, -0.05) is 24.1 Å². The molecule has 0 aliphatic carbocycles. The van der Waals surface area contributed by atoms with Crippen LogP contribution in [0.25, 0.3) is 0 Å². The molecule has 0 bridgehead atoms. The molecule has 1 fully saturated rings. The first-order valence-electron chi connectivity index (χ1n) is 9.95. The summed E-state index contributed by atoms with van der Waals surface area (Å²) >= 11 is 0. The number of aryl methyl sites for hydroxylation is 1. The van der Waals surface area contributed by atoms with Crippen LogP contribution >= 0.6 is 0 Å². The molecule has 1 atom stereocenters. The fourth-order valence-corrected chi connectivity index (χ4v) is 4.69. The smallest absolute Gasteiger partial charge is 0.243 e. The molecule has 2 heterocycles. The predicted molar refractivity (Wildman–Crippen MR) is 111 cm³/mol. The molecule has 0 radical (unpaired) electrons. The molecule has 1 saturated heterocycles. The van der Waals surface area contributed by atoms with Crippen molar-refractivity contribution in [1.82, 2.24) is 14.5 Å². The van der Waals surface area contributed by atoms with Crippen molar-refractivity contribution in [2.45, 2.75) is 37.1 Å². The van der Waals surface area contributed by atoms with Gasteiger partial charge in [0.1, 0.15) is 5.76 Å². The van der Waals surface area contributed by atoms with Crippen LogP contribution in [0.4, 0.5) is 0 Å². The molecule has 2 aromatic rings. The van der Waals surface area contributed by atoms with Gasteiger partial charge in [0.05, 0.1) is 23.7 Å². The molecular weight excluding hydrogens is 390 g/mol. The third-order valence-electron chi connectivity index (χ3n) is 5.29. The number of nitrogens with zero attached hydrogens (tertiary/aromatic N) is 2. The number of hydrogen-bond donors (Lipinski definition) is 1. The highest BCUT2D eigenvalue weighted by atomic mass is 32.2. The summed E-state index contributed by atoms with van der Waals surface area (Å²) in [5, 5.41) is 2.89. The van der Waals surface area contributed by atoms with Gasteiger partial charge in [0.15, 0.2) is 0 Å². The third-order valence-corrected chi connectivity index (χ3v) is 7.11. The van der Waals surface area contributed by atoms with Gasteiger partial charge in [-0.2, -0.15) is 4.31 Å². The molecule has 1 aliphatic heterocycles. The van der Waals surface area contributed by atoms with E-state index in [4.69, 9.17) is 4.42 Å². The molecule has 7 nitrogen and oxygen atoms in total. The van der Waals surface area contributed by atoms with E-state index in [0.717, 1.165) is 41.6 Å². The Hall–Kier alpha value is -2.16. The molecule has 0 saturated carbocycles. The van der Waals surface area contributed by atoms with E-state index in [0.29, 0.717) is 6.54 Å². The normalized spacial score (nSPS) is 16.7. The average molecular weight is 420 g/mol. The van der Waals surface area contributed by atoms with Crippen LogP contribution in [0.15, 0.2) is 52.0 Å². The highest BCUT2D eigenvalue weighted by molar-refractivity contribution is 7.89. The first-order chi connectivity index (χ1) is 13.9. The van der Waals surface area contributed by atoms with E-state index in [2.05, 4.69) is 10.2 Å². The maximum absolute atomic E-state index is 12.7. The van der Waals surface area contributed by atoms with Crippen molar-refractivity contribution in [3.05, 3.63) is 54.0 Å². The number of likely N-dealkylation sites (tertiary alicyclic amines) is 1. The molecule has 8 heteroatoms. The average Bonchev–Trinajstić information content (AvgIpc) is 3.24. The number of amides is 1. The van der Waals surface area contributed by atoms with Gasteiger partial charge in [0.2, 0.25) is 15.9 Å². The fraction of sp³-hybridized carbons (Fsp3) is 0.476. The summed E-state index contributed by atoms with van der Waals surface area (Å²) in [6.07, 6.45) is 5.11. The zero-order valence-electron chi connectivity index (χ0n) is 17.0. The second kappa shape index (κ2) is 9.56. The summed E-state index contributed by atoms with van der Waals surface area (Å²) in [4.78, 5) is 15.0. The van der Waals surface area contributed by atoms with Gasteiger partial charge in [-0.25, -0.2) is 8.42 Å². The first-order valence-corrected chi connectivity index (χ1v) is 11.4. The molecule has 1 aliphatic rings. The Labute approximate surface area is 172 Å². The largest absolute Gasteiger partial charge is 0.468 e. The fourth-order valence-electron chi connectivity index (χ4n) is 3.56. The third kappa shape index (κ3) is 5.46. The lowest BCUT2D eigenvalue weighted by Gasteiger charge is -2.33. The lowest BCUT2D eigenvalue weighted by molar-refractivity contribution is -0.121. The van der Waals surface area contributed by atoms with E-state index in [-0.39, 0.29) is 23.4 Å². The van der Waals surface area contributed by atoms with E-state index >= 15 is 0 Å². The van der Waals surface area contributed by atoms with Crippen LogP contribution in [-0.4, -0.2) is 56.8 Å². The van der Waals surface area contributed by atoms with Crippen molar-refractivity contribution < 1.29 is 17.6 Å². The Morgan fingerprint density at radius 1 is 1.17 bits per heavy atom.